The molecular formula is C48H30N4. The third-order valence-electron chi connectivity index (χ3n) is 10.1. The van der Waals surface area contributed by atoms with Gasteiger partial charge in [0, 0.05) is 44.0 Å². The molecule has 242 valence electrons. The summed E-state index contributed by atoms with van der Waals surface area (Å²) in [5.74, 6) is 0. The van der Waals surface area contributed by atoms with Crippen LogP contribution in [0, 0.1) is 11.3 Å². The molecule has 4 nitrogen and oxygen atoms in total. The Morgan fingerprint density at radius 3 is 1.73 bits per heavy atom. The van der Waals surface area contributed by atoms with Crippen LogP contribution >= 0.6 is 0 Å². The van der Waals surface area contributed by atoms with E-state index in [-0.39, 0.29) is 0 Å². The molecule has 10 aromatic rings. The maximum atomic E-state index is 9.91. The quantitative estimate of drug-likeness (QED) is 0.184. The van der Waals surface area contributed by atoms with Crippen LogP contribution in [0.25, 0.3) is 88.6 Å². The average Bonchev–Trinajstić information content (AvgIpc) is 3.74. The normalized spacial score (nSPS) is 11.4. The Hall–Kier alpha value is -7.22. The van der Waals surface area contributed by atoms with Crippen molar-refractivity contribution in [2.75, 3.05) is 0 Å². The zero-order chi connectivity index (χ0) is 34.6. The van der Waals surface area contributed by atoms with Crippen LogP contribution in [0.2, 0.25) is 0 Å². The van der Waals surface area contributed by atoms with Crippen LogP contribution in [0.3, 0.4) is 0 Å². The molecule has 4 heteroatoms. The van der Waals surface area contributed by atoms with Crippen molar-refractivity contribution in [2.45, 2.75) is 0 Å². The fraction of sp³-hybridized carbons (Fsp3) is 0. The molecule has 0 N–H and O–H groups in total. The summed E-state index contributed by atoms with van der Waals surface area (Å²) < 4.78 is 4.71. The number of nitrogens with zero attached hydrogens (tertiary/aromatic N) is 4. The number of para-hydroxylation sites is 2. The van der Waals surface area contributed by atoms with Gasteiger partial charge in [-0.05, 0) is 71.8 Å². The molecule has 3 aromatic heterocycles. The van der Waals surface area contributed by atoms with Gasteiger partial charge in [0.05, 0.1) is 45.1 Å². The summed E-state index contributed by atoms with van der Waals surface area (Å²) in [5, 5.41) is 14.6. The molecule has 0 aliphatic carbocycles. The van der Waals surface area contributed by atoms with Crippen molar-refractivity contribution < 1.29 is 0 Å². The molecule has 0 fully saturated rings. The Morgan fingerprint density at radius 1 is 0.404 bits per heavy atom. The van der Waals surface area contributed by atoms with Gasteiger partial charge in [0.15, 0.2) is 0 Å². The second kappa shape index (κ2) is 12.0. The Morgan fingerprint density at radius 2 is 1.02 bits per heavy atom. The number of nitriles is 1. The van der Waals surface area contributed by atoms with E-state index in [1.165, 1.54) is 10.8 Å². The van der Waals surface area contributed by atoms with Gasteiger partial charge in [0.25, 0.3) is 0 Å². The van der Waals surface area contributed by atoms with Crippen LogP contribution in [0.4, 0.5) is 0 Å². The van der Waals surface area contributed by atoms with E-state index in [2.05, 4.69) is 167 Å². The summed E-state index contributed by atoms with van der Waals surface area (Å²) in [4.78, 5) is 5.13. The Kier molecular flexibility index (Phi) is 6.84. The van der Waals surface area contributed by atoms with Crippen LogP contribution in [0.15, 0.2) is 182 Å². The number of hydrogen-bond donors (Lipinski definition) is 0. The molecule has 0 aliphatic rings. The highest BCUT2D eigenvalue weighted by molar-refractivity contribution is 6.26. The number of fused-ring (bicyclic) bond motifs is 7. The molecule has 0 bridgehead atoms. The number of benzene rings is 7. The third-order valence-corrected chi connectivity index (χ3v) is 10.1. The molecule has 0 amide bonds. The van der Waals surface area contributed by atoms with Gasteiger partial charge in [-0.15, -0.1) is 0 Å². The first-order chi connectivity index (χ1) is 25.7. The van der Waals surface area contributed by atoms with Crippen molar-refractivity contribution in [2.24, 2.45) is 0 Å². The first-order valence-corrected chi connectivity index (χ1v) is 17.4. The first kappa shape index (κ1) is 29.7. The van der Waals surface area contributed by atoms with Crippen LogP contribution in [0.5, 0.6) is 0 Å². The molecular weight excluding hydrogens is 633 g/mol. The molecule has 0 unspecified atom stereocenters. The predicted molar refractivity (Wildman–Crippen MR) is 214 cm³/mol. The number of aromatic nitrogens is 3. The van der Waals surface area contributed by atoms with Gasteiger partial charge >= 0.3 is 0 Å². The third kappa shape index (κ3) is 4.72. The predicted octanol–water partition coefficient (Wildman–Crippen LogP) is 12.1. The highest BCUT2D eigenvalue weighted by atomic mass is 15.0. The molecule has 52 heavy (non-hydrogen) atoms. The van der Waals surface area contributed by atoms with Gasteiger partial charge < -0.3 is 9.13 Å². The SMILES string of the molecule is N#Cc1ccc2c3c(ccc4c5ccccc5n(-c5cccc(-c6cc(-c7ccccc7)nc(-c7ccccc7)c6)c5)c43)n(-c3ccccc3)c2c1. The van der Waals surface area contributed by atoms with E-state index in [9.17, 15) is 5.26 Å². The minimum atomic E-state index is 0.638. The fourth-order valence-corrected chi connectivity index (χ4v) is 7.78. The van der Waals surface area contributed by atoms with Crippen LogP contribution in [-0.4, -0.2) is 14.1 Å². The number of hydrogen-bond acceptors (Lipinski definition) is 2. The molecule has 0 saturated heterocycles. The highest BCUT2D eigenvalue weighted by Gasteiger charge is 2.21. The second-order valence-electron chi connectivity index (χ2n) is 13.1. The van der Waals surface area contributed by atoms with E-state index >= 15 is 0 Å². The maximum Gasteiger partial charge on any atom is 0.0992 e. The van der Waals surface area contributed by atoms with E-state index in [4.69, 9.17) is 4.98 Å². The minimum absolute atomic E-state index is 0.638. The van der Waals surface area contributed by atoms with E-state index in [1.807, 2.05) is 30.3 Å². The summed E-state index contributed by atoms with van der Waals surface area (Å²) in [6.07, 6.45) is 0. The summed E-state index contributed by atoms with van der Waals surface area (Å²) in [6.45, 7) is 0. The van der Waals surface area contributed by atoms with Crippen LogP contribution in [-0.2, 0) is 0 Å². The number of pyridine rings is 1. The van der Waals surface area contributed by atoms with Crippen molar-refractivity contribution in [3.63, 3.8) is 0 Å². The Balaban J connectivity index is 1.26. The molecule has 0 spiro atoms. The fourth-order valence-electron chi connectivity index (χ4n) is 7.78. The molecule has 3 heterocycles. The van der Waals surface area contributed by atoms with E-state index in [0.29, 0.717) is 5.56 Å². The Bertz CT molecular complexity index is 2940. The van der Waals surface area contributed by atoms with Gasteiger partial charge in [-0.25, -0.2) is 4.98 Å². The lowest BCUT2D eigenvalue weighted by Gasteiger charge is -2.13. The van der Waals surface area contributed by atoms with Gasteiger partial charge in [-0.2, -0.15) is 5.26 Å². The first-order valence-electron chi connectivity index (χ1n) is 17.4. The van der Waals surface area contributed by atoms with E-state index in [0.717, 1.165) is 77.9 Å². The lowest BCUT2D eigenvalue weighted by molar-refractivity contribution is 1.17. The van der Waals surface area contributed by atoms with Gasteiger partial charge in [0.1, 0.15) is 0 Å². The van der Waals surface area contributed by atoms with E-state index in [1.54, 1.807) is 0 Å². The molecule has 0 radical (unpaired) electrons. The minimum Gasteiger partial charge on any atom is -0.309 e. The zero-order valence-corrected chi connectivity index (χ0v) is 28.1. The standard InChI is InChI=1S/C48H30N4/c49-31-32-23-24-41-46(27-32)51(37-18-8-3-9-19-37)45-26-25-40-39-21-10-11-22-44(39)52(48(40)47(41)45)38-20-12-17-35(28-38)36-29-42(33-13-4-1-5-14-33)50-43(30-36)34-15-6-2-7-16-34/h1-30H. The highest BCUT2D eigenvalue weighted by Crippen LogP contribution is 2.42. The van der Waals surface area contributed by atoms with Crippen LogP contribution in [0.1, 0.15) is 5.56 Å². The zero-order valence-electron chi connectivity index (χ0n) is 28.1. The van der Waals surface area contributed by atoms with E-state index < -0.39 is 0 Å². The average molecular weight is 663 g/mol. The molecule has 7 aromatic carbocycles. The monoisotopic (exact) mass is 662 g/mol. The number of rotatable bonds is 5. The van der Waals surface area contributed by atoms with Crippen molar-refractivity contribution >= 4 is 43.6 Å². The smallest absolute Gasteiger partial charge is 0.0992 e. The molecule has 0 atom stereocenters. The summed E-state index contributed by atoms with van der Waals surface area (Å²) in [5.41, 5.74) is 13.4. The van der Waals surface area contributed by atoms with Crippen molar-refractivity contribution in [3.8, 4) is 51.1 Å². The summed E-state index contributed by atoms with van der Waals surface area (Å²) in [7, 11) is 0. The van der Waals surface area contributed by atoms with Gasteiger partial charge in [-0.1, -0.05) is 121 Å². The van der Waals surface area contributed by atoms with Crippen molar-refractivity contribution in [1.82, 2.24) is 14.1 Å². The topological polar surface area (TPSA) is 46.5 Å². The Labute approximate surface area is 300 Å². The molecule has 0 aliphatic heterocycles. The van der Waals surface area contributed by atoms with Crippen LogP contribution < -0.4 is 0 Å². The molecule has 10 rings (SSSR count). The maximum absolute atomic E-state index is 9.91. The van der Waals surface area contributed by atoms with Gasteiger partial charge in [0.2, 0.25) is 0 Å². The summed E-state index contributed by atoms with van der Waals surface area (Å²) in [6, 6.07) is 66.0. The largest absolute Gasteiger partial charge is 0.309 e. The van der Waals surface area contributed by atoms with Gasteiger partial charge in [-0.3, -0.25) is 0 Å². The lowest BCUT2D eigenvalue weighted by Crippen LogP contribution is -1.96. The molecule has 0 saturated carbocycles. The van der Waals surface area contributed by atoms with Crippen molar-refractivity contribution in [3.05, 3.63) is 188 Å². The second-order valence-corrected chi connectivity index (χ2v) is 13.1. The lowest BCUT2D eigenvalue weighted by atomic mass is 9.99. The summed E-state index contributed by atoms with van der Waals surface area (Å²) >= 11 is 0. The van der Waals surface area contributed by atoms with Crippen molar-refractivity contribution in [1.29, 1.82) is 5.26 Å².